The number of nitrogens with one attached hydrogen (secondary N) is 1. The molecule has 0 unspecified atom stereocenters. The molecule has 0 fully saturated rings. The van der Waals surface area contributed by atoms with Crippen molar-refractivity contribution in [2.45, 2.75) is 32.8 Å². The number of hydrogen-bond acceptors (Lipinski definition) is 4. The number of halogens is 3. The molecule has 2 aromatic carbocycles. The number of carbonyl (C=O) groups is 1. The number of alkyl halides is 3. The predicted molar refractivity (Wildman–Crippen MR) is 114 cm³/mol. The maximum Gasteiger partial charge on any atom is 0.573 e. The highest BCUT2D eigenvalue weighted by Crippen LogP contribution is 2.25. The van der Waals surface area contributed by atoms with Crippen molar-refractivity contribution in [2.75, 3.05) is 5.32 Å². The highest BCUT2D eigenvalue weighted by molar-refractivity contribution is 5.89. The number of ether oxygens (including phenoxy) is 1. The van der Waals surface area contributed by atoms with Crippen LogP contribution in [0.1, 0.15) is 19.4 Å². The highest BCUT2D eigenvalue weighted by Gasteiger charge is 2.31. The summed E-state index contributed by atoms with van der Waals surface area (Å²) in [6.45, 7) is 4.04. The van der Waals surface area contributed by atoms with Gasteiger partial charge in [0.15, 0.2) is 0 Å². The first-order valence-electron chi connectivity index (χ1n) is 9.78. The van der Waals surface area contributed by atoms with Crippen molar-refractivity contribution in [3.63, 3.8) is 0 Å². The third-order valence-electron chi connectivity index (χ3n) is 4.55. The number of hydrogen-bond donors (Lipinski definition) is 2. The van der Waals surface area contributed by atoms with Crippen LogP contribution in [0.5, 0.6) is 11.5 Å². The summed E-state index contributed by atoms with van der Waals surface area (Å²) >= 11 is 0. The fourth-order valence-electron chi connectivity index (χ4n) is 3.01. The van der Waals surface area contributed by atoms with Crippen molar-refractivity contribution in [1.29, 1.82) is 0 Å². The molecule has 0 spiro atoms. The van der Waals surface area contributed by atoms with Crippen molar-refractivity contribution >= 4 is 11.7 Å². The molecule has 2 N–H and O–H groups in total. The zero-order valence-electron chi connectivity index (χ0n) is 17.4. The van der Waals surface area contributed by atoms with Gasteiger partial charge in [0, 0.05) is 23.8 Å². The van der Waals surface area contributed by atoms with Crippen molar-refractivity contribution < 1.29 is 27.8 Å². The van der Waals surface area contributed by atoms with Gasteiger partial charge in [-0.15, -0.1) is 13.2 Å². The van der Waals surface area contributed by atoms with E-state index in [0.717, 1.165) is 23.3 Å². The molecule has 0 atom stereocenters. The Morgan fingerprint density at radius 1 is 1.12 bits per heavy atom. The molecule has 1 heterocycles. The Morgan fingerprint density at radius 2 is 1.84 bits per heavy atom. The molecule has 0 aliphatic carbocycles. The molecular weight excluding hydrogens is 423 g/mol. The normalized spacial score (nSPS) is 11.3. The van der Waals surface area contributed by atoms with Crippen molar-refractivity contribution in [3.05, 3.63) is 72.4 Å². The van der Waals surface area contributed by atoms with Gasteiger partial charge < -0.3 is 20.1 Å². The molecule has 0 aliphatic rings. The molecule has 0 aliphatic heterocycles. The quantitative estimate of drug-likeness (QED) is 0.503. The Hall–Kier alpha value is -3.75. The molecule has 0 radical (unpaired) electrons. The fourth-order valence-corrected chi connectivity index (χ4v) is 3.01. The number of aromatic hydroxyl groups is 1. The van der Waals surface area contributed by atoms with Gasteiger partial charge in [-0.2, -0.15) is 0 Å². The second-order valence-corrected chi connectivity index (χ2v) is 7.33. The lowest BCUT2D eigenvalue weighted by atomic mass is 10.1. The molecule has 6 nitrogen and oxygen atoms in total. The molecule has 3 rings (SSSR count). The van der Waals surface area contributed by atoms with Gasteiger partial charge in [0.05, 0.1) is 11.9 Å². The summed E-state index contributed by atoms with van der Waals surface area (Å²) < 4.78 is 40.7. The topological polar surface area (TPSA) is 74.7 Å². The minimum absolute atomic E-state index is 0.0746. The van der Waals surface area contributed by atoms with Gasteiger partial charge in [0.1, 0.15) is 11.5 Å². The smallest absolute Gasteiger partial charge is 0.506 e. The van der Waals surface area contributed by atoms with E-state index in [1.807, 2.05) is 38.1 Å². The van der Waals surface area contributed by atoms with Gasteiger partial charge in [-0.1, -0.05) is 18.2 Å². The Balaban J connectivity index is 1.71. The van der Waals surface area contributed by atoms with Crippen LogP contribution in [-0.2, 0) is 6.54 Å². The van der Waals surface area contributed by atoms with Gasteiger partial charge >= 0.3 is 12.4 Å². The first-order chi connectivity index (χ1) is 15.1. The minimum atomic E-state index is -4.77. The predicted octanol–water partition coefficient (Wildman–Crippen LogP) is 5.80. The Morgan fingerprint density at radius 3 is 2.44 bits per heavy atom. The van der Waals surface area contributed by atoms with Crippen LogP contribution in [0.2, 0.25) is 0 Å². The van der Waals surface area contributed by atoms with E-state index in [9.17, 15) is 23.1 Å². The van der Waals surface area contributed by atoms with Crippen molar-refractivity contribution in [2.24, 2.45) is 0 Å². The fraction of sp³-hybridized carbons (Fsp3) is 0.217. The van der Waals surface area contributed by atoms with Gasteiger partial charge in [-0.05, 0) is 61.9 Å². The van der Waals surface area contributed by atoms with Crippen LogP contribution >= 0.6 is 0 Å². The van der Waals surface area contributed by atoms with Gasteiger partial charge in [0.25, 0.3) is 0 Å². The zero-order valence-corrected chi connectivity index (χ0v) is 17.4. The minimum Gasteiger partial charge on any atom is -0.506 e. The van der Waals surface area contributed by atoms with E-state index in [1.165, 1.54) is 18.3 Å². The molecule has 2 amide bonds. The molecule has 0 saturated heterocycles. The first-order valence-corrected chi connectivity index (χ1v) is 9.78. The Bertz CT molecular complexity index is 1050. The lowest BCUT2D eigenvalue weighted by Gasteiger charge is -2.27. The summed E-state index contributed by atoms with van der Waals surface area (Å²) in [7, 11) is 0. The maximum absolute atomic E-state index is 12.8. The summed E-state index contributed by atoms with van der Waals surface area (Å²) in [5.41, 5.74) is 2.74. The number of nitrogens with zero attached hydrogens (tertiary/aromatic N) is 2. The number of benzene rings is 2. The third-order valence-corrected chi connectivity index (χ3v) is 4.55. The zero-order chi connectivity index (χ0) is 23.3. The molecule has 0 saturated carbocycles. The lowest BCUT2D eigenvalue weighted by Crippen LogP contribution is -2.39. The Kier molecular flexibility index (Phi) is 6.87. The SMILES string of the molecule is CC(C)N(Cc1cccc(-c2ccc(O)cn2)c1)C(=O)Nc1ccc(OC(F)(F)F)cc1. The van der Waals surface area contributed by atoms with Gasteiger partial charge in [0.2, 0.25) is 0 Å². The van der Waals surface area contributed by atoms with Crippen LogP contribution in [0.3, 0.4) is 0 Å². The highest BCUT2D eigenvalue weighted by atomic mass is 19.4. The molecule has 32 heavy (non-hydrogen) atoms. The molecule has 3 aromatic rings. The third kappa shape index (κ3) is 6.37. The summed E-state index contributed by atoms with van der Waals surface area (Å²) in [6.07, 6.45) is -3.41. The number of amides is 2. The largest absolute Gasteiger partial charge is 0.573 e. The van der Waals surface area contributed by atoms with E-state index in [1.54, 1.807) is 17.0 Å². The second kappa shape index (κ2) is 9.59. The van der Waals surface area contributed by atoms with Crippen molar-refractivity contribution in [1.82, 2.24) is 9.88 Å². The standard InChI is InChI=1S/C23H22F3N3O3/c1-15(2)29(22(31)28-18-6-9-20(10-7-18)32-23(24,25)26)14-16-4-3-5-17(12-16)21-11-8-19(30)13-27-21/h3-13,15,30H,14H2,1-2H3,(H,28,31). The molecular formula is C23H22F3N3O3. The molecule has 168 valence electrons. The van der Waals surface area contributed by atoms with Gasteiger partial charge in [-0.25, -0.2) is 4.79 Å². The van der Waals surface area contributed by atoms with E-state index in [2.05, 4.69) is 15.0 Å². The summed E-state index contributed by atoms with van der Waals surface area (Å²) in [5, 5.41) is 12.1. The van der Waals surface area contributed by atoms with Crippen LogP contribution in [0.15, 0.2) is 66.9 Å². The monoisotopic (exact) mass is 445 g/mol. The van der Waals surface area contributed by atoms with Crippen LogP contribution in [0.25, 0.3) is 11.3 Å². The van der Waals surface area contributed by atoms with E-state index in [4.69, 9.17) is 0 Å². The van der Waals surface area contributed by atoms with Crippen LogP contribution in [0.4, 0.5) is 23.7 Å². The van der Waals surface area contributed by atoms with E-state index in [0.29, 0.717) is 17.9 Å². The molecule has 1 aromatic heterocycles. The summed E-state index contributed by atoms with van der Waals surface area (Å²) in [5.74, 6) is -0.290. The van der Waals surface area contributed by atoms with Crippen LogP contribution in [-0.4, -0.2) is 33.4 Å². The second-order valence-electron chi connectivity index (χ2n) is 7.33. The van der Waals surface area contributed by atoms with E-state index in [-0.39, 0.29) is 17.5 Å². The average Bonchev–Trinajstić information content (AvgIpc) is 2.73. The average molecular weight is 445 g/mol. The number of rotatable bonds is 6. The van der Waals surface area contributed by atoms with E-state index >= 15 is 0 Å². The lowest BCUT2D eigenvalue weighted by molar-refractivity contribution is -0.274. The van der Waals surface area contributed by atoms with Crippen molar-refractivity contribution in [3.8, 4) is 22.8 Å². The summed E-state index contributed by atoms with van der Waals surface area (Å²) in [6, 6.07) is 15.2. The number of anilines is 1. The molecule has 9 heteroatoms. The van der Waals surface area contributed by atoms with Crippen LogP contribution in [0, 0.1) is 0 Å². The number of carbonyl (C=O) groups excluding carboxylic acids is 1. The maximum atomic E-state index is 12.8. The number of urea groups is 1. The summed E-state index contributed by atoms with van der Waals surface area (Å²) in [4.78, 5) is 18.6. The van der Waals surface area contributed by atoms with Crippen LogP contribution < -0.4 is 10.1 Å². The number of pyridine rings is 1. The Labute approximate surface area is 183 Å². The number of aromatic nitrogens is 1. The van der Waals surface area contributed by atoms with Gasteiger partial charge in [-0.3, -0.25) is 4.98 Å². The molecule has 0 bridgehead atoms. The first kappa shape index (κ1) is 22.9. The van der Waals surface area contributed by atoms with E-state index < -0.39 is 12.4 Å².